The first-order valence-corrected chi connectivity index (χ1v) is 10.7. The average Bonchev–Trinajstić information content (AvgIpc) is 2.73. The lowest BCUT2D eigenvalue weighted by atomic mass is 10.1. The highest BCUT2D eigenvalue weighted by molar-refractivity contribution is 14.0. The van der Waals surface area contributed by atoms with Crippen LogP contribution in [0.4, 0.5) is 4.39 Å². The second-order valence-electron chi connectivity index (χ2n) is 7.50. The number of halogens is 2. The van der Waals surface area contributed by atoms with Gasteiger partial charge >= 0.3 is 0 Å². The molecule has 0 bridgehead atoms. The van der Waals surface area contributed by atoms with Crippen LogP contribution in [0.1, 0.15) is 31.7 Å². The number of nitrogens with zero attached hydrogens (tertiary/aromatic N) is 3. The van der Waals surface area contributed by atoms with E-state index >= 15 is 0 Å². The van der Waals surface area contributed by atoms with E-state index in [-0.39, 0.29) is 29.8 Å². The van der Waals surface area contributed by atoms with Gasteiger partial charge in [0.05, 0.1) is 12.6 Å². The van der Waals surface area contributed by atoms with Gasteiger partial charge in [0.2, 0.25) is 0 Å². The van der Waals surface area contributed by atoms with E-state index in [1.165, 1.54) is 12.1 Å². The van der Waals surface area contributed by atoms with Gasteiger partial charge in [-0.1, -0.05) is 12.1 Å². The Morgan fingerprint density at radius 2 is 1.93 bits per heavy atom. The van der Waals surface area contributed by atoms with Gasteiger partial charge in [-0.15, -0.1) is 24.0 Å². The molecule has 1 fully saturated rings. The van der Waals surface area contributed by atoms with Crippen molar-refractivity contribution in [1.29, 1.82) is 0 Å². The normalized spacial score (nSPS) is 15.4. The number of hydrogen-bond donors (Lipinski definition) is 1. The van der Waals surface area contributed by atoms with Gasteiger partial charge in [0.25, 0.3) is 0 Å². The van der Waals surface area contributed by atoms with Crippen LogP contribution in [0.5, 0.6) is 0 Å². The van der Waals surface area contributed by atoms with Crippen molar-refractivity contribution >= 4 is 29.9 Å². The van der Waals surface area contributed by atoms with Crippen molar-refractivity contribution in [3.05, 3.63) is 35.6 Å². The van der Waals surface area contributed by atoms with E-state index in [1.807, 2.05) is 12.1 Å². The van der Waals surface area contributed by atoms with Gasteiger partial charge in [0.1, 0.15) is 5.82 Å². The Bertz CT molecular complexity index is 595. The maximum atomic E-state index is 13.0. The summed E-state index contributed by atoms with van der Waals surface area (Å²) in [4.78, 5) is 9.36. The quantitative estimate of drug-likeness (QED) is 0.204. The minimum absolute atomic E-state index is 0. The van der Waals surface area contributed by atoms with E-state index in [0.717, 1.165) is 83.3 Å². The molecular formula is C22H38FIN4O2. The monoisotopic (exact) mass is 536 g/mol. The third kappa shape index (κ3) is 10.4. The highest BCUT2D eigenvalue weighted by Crippen LogP contribution is 2.14. The standard InChI is InChI=1S/C22H37FN4O2.HI/c1-4-24-22(27-13-10-21(11-14-27)29-17-5-16-28-3)25-12-15-26(2)18-19-6-8-20(23)9-7-19;/h6-9,21H,4-5,10-18H2,1-3H3,(H,24,25);1H. The summed E-state index contributed by atoms with van der Waals surface area (Å²) in [6.45, 7) is 8.79. The van der Waals surface area contributed by atoms with Crippen LogP contribution in [0.2, 0.25) is 0 Å². The van der Waals surface area contributed by atoms with Crippen LogP contribution in [0.25, 0.3) is 0 Å². The van der Waals surface area contributed by atoms with E-state index in [9.17, 15) is 4.39 Å². The molecule has 0 saturated carbocycles. The predicted octanol–water partition coefficient (Wildman–Crippen LogP) is 3.36. The molecule has 1 aliphatic heterocycles. The number of guanidine groups is 1. The summed E-state index contributed by atoms with van der Waals surface area (Å²) in [6, 6.07) is 6.69. The van der Waals surface area contributed by atoms with E-state index in [0.29, 0.717) is 6.10 Å². The van der Waals surface area contributed by atoms with E-state index in [4.69, 9.17) is 14.5 Å². The van der Waals surface area contributed by atoms with Crippen molar-refractivity contribution in [2.45, 2.75) is 38.8 Å². The zero-order chi connectivity index (χ0) is 20.9. The third-order valence-corrected chi connectivity index (χ3v) is 5.03. The molecule has 8 heteroatoms. The topological polar surface area (TPSA) is 49.3 Å². The number of aliphatic imine (C=N–C) groups is 1. The molecule has 1 aromatic carbocycles. The molecule has 1 aromatic rings. The SMILES string of the molecule is CCNC(=NCCN(C)Cc1ccc(F)cc1)N1CCC(OCCCOC)CC1.I. The molecule has 0 unspecified atom stereocenters. The number of piperidine rings is 1. The molecule has 1 N–H and O–H groups in total. The zero-order valence-electron chi connectivity index (χ0n) is 18.6. The van der Waals surface area contributed by atoms with Gasteiger partial charge in [-0.3, -0.25) is 4.99 Å². The molecule has 1 aliphatic rings. The van der Waals surface area contributed by atoms with Crippen molar-refractivity contribution in [2.24, 2.45) is 4.99 Å². The Hall–Kier alpha value is -0.970. The lowest BCUT2D eigenvalue weighted by Gasteiger charge is -2.34. The molecule has 0 atom stereocenters. The van der Waals surface area contributed by atoms with E-state index in [1.54, 1.807) is 7.11 Å². The Morgan fingerprint density at radius 1 is 1.23 bits per heavy atom. The number of rotatable bonds is 11. The number of likely N-dealkylation sites (N-methyl/N-ethyl adjacent to an activating group) is 1. The average molecular weight is 536 g/mol. The number of ether oxygens (including phenoxy) is 2. The zero-order valence-corrected chi connectivity index (χ0v) is 20.9. The van der Waals surface area contributed by atoms with Crippen LogP contribution < -0.4 is 5.32 Å². The second kappa shape index (κ2) is 15.8. The van der Waals surface area contributed by atoms with Crippen molar-refractivity contribution in [1.82, 2.24) is 15.1 Å². The van der Waals surface area contributed by atoms with Crippen LogP contribution in [-0.4, -0.2) is 82.0 Å². The first kappa shape index (κ1) is 27.1. The first-order chi connectivity index (χ1) is 14.1. The van der Waals surface area contributed by atoms with Gasteiger partial charge in [-0.05, 0) is 50.9 Å². The van der Waals surface area contributed by atoms with E-state index in [2.05, 4.69) is 29.1 Å². The third-order valence-electron chi connectivity index (χ3n) is 5.03. The Labute approximate surface area is 198 Å². The summed E-state index contributed by atoms with van der Waals surface area (Å²) in [5.41, 5.74) is 1.11. The summed E-state index contributed by atoms with van der Waals surface area (Å²) in [7, 11) is 3.79. The molecule has 30 heavy (non-hydrogen) atoms. The molecule has 0 amide bonds. The molecule has 172 valence electrons. The fourth-order valence-corrected chi connectivity index (χ4v) is 3.42. The molecule has 1 heterocycles. The van der Waals surface area contributed by atoms with E-state index < -0.39 is 0 Å². The van der Waals surface area contributed by atoms with Crippen LogP contribution in [0.15, 0.2) is 29.3 Å². The molecule has 6 nitrogen and oxygen atoms in total. The van der Waals surface area contributed by atoms with Gasteiger partial charge in [0, 0.05) is 53.0 Å². The fraction of sp³-hybridized carbons (Fsp3) is 0.682. The van der Waals surface area contributed by atoms with Gasteiger partial charge in [-0.25, -0.2) is 4.39 Å². The largest absolute Gasteiger partial charge is 0.385 e. The fourth-order valence-electron chi connectivity index (χ4n) is 3.42. The Morgan fingerprint density at radius 3 is 2.57 bits per heavy atom. The number of likely N-dealkylation sites (tertiary alicyclic amines) is 1. The second-order valence-corrected chi connectivity index (χ2v) is 7.50. The first-order valence-electron chi connectivity index (χ1n) is 10.7. The molecule has 0 aliphatic carbocycles. The van der Waals surface area contributed by atoms with Gasteiger partial charge in [0.15, 0.2) is 5.96 Å². The number of nitrogens with one attached hydrogen (secondary N) is 1. The molecule has 0 spiro atoms. The molecular weight excluding hydrogens is 498 g/mol. The maximum Gasteiger partial charge on any atom is 0.193 e. The smallest absolute Gasteiger partial charge is 0.193 e. The predicted molar refractivity (Wildman–Crippen MR) is 131 cm³/mol. The Balaban J connectivity index is 0.00000450. The number of methoxy groups -OCH3 is 1. The maximum absolute atomic E-state index is 13.0. The molecule has 0 aromatic heterocycles. The molecule has 2 rings (SSSR count). The van der Waals surface area contributed by atoms with Crippen LogP contribution >= 0.6 is 24.0 Å². The minimum atomic E-state index is -0.194. The van der Waals surface area contributed by atoms with Crippen molar-refractivity contribution < 1.29 is 13.9 Å². The summed E-state index contributed by atoms with van der Waals surface area (Å²) in [6.07, 6.45) is 3.35. The van der Waals surface area contributed by atoms with Gasteiger partial charge < -0.3 is 24.6 Å². The summed E-state index contributed by atoms with van der Waals surface area (Å²) in [5, 5.41) is 3.42. The highest BCUT2D eigenvalue weighted by atomic mass is 127. The van der Waals surface area contributed by atoms with Crippen LogP contribution in [0.3, 0.4) is 0 Å². The lowest BCUT2D eigenvalue weighted by Crippen LogP contribution is -2.47. The van der Waals surface area contributed by atoms with Crippen LogP contribution in [-0.2, 0) is 16.0 Å². The summed E-state index contributed by atoms with van der Waals surface area (Å²) >= 11 is 0. The Kier molecular flexibility index (Phi) is 14.2. The minimum Gasteiger partial charge on any atom is -0.385 e. The number of hydrogen-bond acceptors (Lipinski definition) is 4. The lowest BCUT2D eigenvalue weighted by molar-refractivity contribution is 0.00990. The summed E-state index contributed by atoms with van der Waals surface area (Å²) < 4.78 is 24.0. The van der Waals surface area contributed by atoms with Crippen molar-refractivity contribution in [3.8, 4) is 0 Å². The molecule has 0 radical (unpaired) electrons. The molecule has 1 saturated heterocycles. The summed E-state index contributed by atoms with van der Waals surface area (Å²) in [5.74, 6) is 0.793. The number of benzene rings is 1. The van der Waals surface area contributed by atoms with Crippen molar-refractivity contribution in [2.75, 3.05) is 60.1 Å². The van der Waals surface area contributed by atoms with Gasteiger partial charge in [-0.2, -0.15) is 0 Å². The highest BCUT2D eigenvalue weighted by Gasteiger charge is 2.21. The van der Waals surface area contributed by atoms with Crippen molar-refractivity contribution in [3.63, 3.8) is 0 Å². The van der Waals surface area contributed by atoms with Crippen LogP contribution in [0, 0.1) is 5.82 Å².